The highest BCUT2D eigenvalue weighted by Crippen LogP contribution is 2.15. The third-order valence-electron chi connectivity index (χ3n) is 3.35. The number of ether oxygens (including phenoxy) is 1. The Labute approximate surface area is 151 Å². The number of rotatable bonds is 6. The number of anilines is 1. The van der Waals surface area contributed by atoms with Crippen LogP contribution in [0.1, 0.15) is 33.2 Å². The van der Waals surface area contributed by atoms with Crippen LogP contribution in [0.15, 0.2) is 48.5 Å². The van der Waals surface area contributed by atoms with E-state index in [1.807, 2.05) is 6.07 Å². The maximum atomic E-state index is 12.4. The number of hydrogen-bond donors (Lipinski definition) is 1. The van der Waals surface area contributed by atoms with Gasteiger partial charge in [0.2, 0.25) is 15.8 Å². The molecule has 0 spiro atoms. The molecule has 8 heteroatoms. The van der Waals surface area contributed by atoms with Gasteiger partial charge in [0.05, 0.1) is 23.5 Å². The molecule has 0 saturated carbocycles. The molecule has 1 N–H and O–H groups in total. The number of nitrogens with one attached hydrogen (secondary N) is 1. The van der Waals surface area contributed by atoms with E-state index in [1.54, 1.807) is 12.1 Å². The Morgan fingerprint density at radius 2 is 1.77 bits per heavy atom. The van der Waals surface area contributed by atoms with E-state index >= 15 is 0 Å². The number of hydrogen-bond acceptors (Lipinski definition) is 6. The summed E-state index contributed by atoms with van der Waals surface area (Å²) in [5, 5.41) is 8.86. The SMILES string of the molecule is C[C@@H](OC(=O)c1cccc(C#N)c1)C(=O)c1ccc(NS(C)(=O)=O)cc1. The number of nitrogens with zero attached hydrogens (tertiary/aromatic N) is 1. The smallest absolute Gasteiger partial charge is 0.338 e. The van der Waals surface area contributed by atoms with Crippen LogP contribution < -0.4 is 4.72 Å². The van der Waals surface area contributed by atoms with E-state index < -0.39 is 27.9 Å². The highest BCUT2D eigenvalue weighted by atomic mass is 32.2. The van der Waals surface area contributed by atoms with Crippen LogP contribution in [0.25, 0.3) is 0 Å². The van der Waals surface area contributed by atoms with Gasteiger partial charge in [-0.05, 0) is 49.4 Å². The molecule has 0 amide bonds. The van der Waals surface area contributed by atoms with Crippen molar-refractivity contribution in [1.29, 1.82) is 5.26 Å². The Balaban J connectivity index is 2.07. The third-order valence-corrected chi connectivity index (χ3v) is 3.96. The first-order chi connectivity index (χ1) is 12.2. The monoisotopic (exact) mass is 372 g/mol. The van der Waals surface area contributed by atoms with Crippen LogP contribution in [0.4, 0.5) is 5.69 Å². The van der Waals surface area contributed by atoms with E-state index in [0.29, 0.717) is 11.3 Å². The van der Waals surface area contributed by atoms with Crippen molar-refractivity contribution in [3.63, 3.8) is 0 Å². The zero-order chi connectivity index (χ0) is 19.3. The van der Waals surface area contributed by atoms with Crippen molar-refractivity contribution in [1.82, 2.24) is 0 Å². The molecule has 2 rings (SSSR count). The molecule has 0 heterocycles. The van der Waals surface area contributed by atoms with Gasteiger partial charge in [-0.25, -0.2) is 13.2 Å². The topological polar surface area (TPSA) is 113 Å². The van der Waals surface area contributed by atoms with Crippen molar-refractivity contribution >= 4 is 27.5 Å². The molecule has 7 nitrogen and oxygen atoms in total. The molecular formula is C18H16N2O5S. The first-order valence-electron chi connectivity index (χ1n) is 7.53. The molecule has 0 aliphatic heterocycles. The number of Topliss-reactive ketones (excluding diaryl/α,β-unsaturated/α-hetero) is 1. The summed E-state index contributed by atoms with van der Waals surface area (Å²) in [4.78, 5) is 24.5. The predicted octanol–water partition coefficient (Wildman–Crippen LogP) is 2.36. The lowest BCUT2D eigenvalue weighted by molar-refractivity contribution is 0.0319. The number of carbonyl (C=O) groups is 2. The summed E-state index contributed by atoms with van der Waals surface area (Å²) in [5.74, 6) is -1.14. The van der Waals surface area contributed by atoms with E-state index in [-0.39, 0.29) is 11.1 Å². The van der Waals surface area contributed by atoms with Crippen LogP contribution in [0.2, 0.25) is 0 Å². The van der Waals surface area contributed by atoms with Crippen molar-refractivity contribution in [2.45, 2.75) is 13.0 Å². The van der Waals surface area contributed by atoms with Gasteiger partial charge in [-0.15, -0.1) is 0 Å². The summed E-state index contributed by atoms with van der Waals surface area (Å²) in [7, 11) is -3.41. The fourth-order valence-corrected chi connectivity index (χ4v) is 2.71. The second kappa shape index (κ2) is 7.80. The van der Waals surface area contributed by atoms with Gasteiger partial charge in [0.1, 0.15) is 0 Å². The molecule has 0 bridgehead atoms. The van der Waals surface area contributed by atoms with Crippen molar-refractivity contribution < 1.29 is 22.7 Å². The number of carbonyl (C=O) groups excluding carboxylic acids is 2. The fourth-order valence-electron chi connectivity index (χ4n) is 2.15. The lowest BCUT2D eigenvalue weighted by atomic mass is 10.1. The average molecular weight is 372 g/mol. The van der Waals surface area contributed by atoms with Gasteiger partial charge in [0, 0.05) is 11.3 Å². The van der Waals surface area contributed by atoms with Gasteiger partial charge in [0.15, 0.2) is 6.10 Å². The predicted molar refractivity (Wildman–Crippen MR) is 95.3 cm³/mol. The van der Waals surface area contributed by atoms with Crippen molar-refractivity contribution in [2.24, 2.45) is 0 Å². The van der Waals surface area contributed by atoms with Crippen LogP contribution in [-0.4, -0.2) is 32.5 Å². The minimum absolute atomic E-state index is 0.177. The molecule has 0 aromatic heterocycles. The second-order valence-corrected chi connectivity index (χ2v) is 7.30. The van der Waals surface area contributed by atoms with Gasteiger partial charge < -0.3 is 4.74 Å². The lowest BCUT2D eigenvalue weighted by Gasteiger charge is -2.13. The molecular weight excluding hydrogens is 356 g/mol. The summed E-state index contributed by atoms with van der Waals surface area (Å²) >= 11 is 0. The zero-order valence-corrected chi connectivity index (χ0v) is 14.9. The zero-order valence-electron chi connectivity index (χ0n) is 14.1. The molecule has 0 aliphatic rings. The fraction of sp³-hybridized carbons (Fsp3) is 0.167. The maximum absolute atomic E-state index is 12.4. The molecule has 26 heavy (non-hydrogen) atoms. The Hall–Kier alpha value is -3.18. The van der Waals surface area contributed by atoms with Gasteiger partial charge in [-0.3, -0.25) is 9.52 Å². The Bertz CT molecular complexity index is 975. The van der Waals surface area contributed by atoms with Gasteiger partial charge in [-0.2, -0.15) is 5.26 Å². The van der Waals surface area contributed by atoms with E-state index in [4.69, 9.17) is 10.00 Å². The number of benzene rings is 2. The molecule has 0 fully saturated rings. The molecule has 2 aromatic rings. The second-order valence-electron chi connectivity index (χ2n) is 5.56. The van der Waals surface area contributed by atoms with Crippen LogP contribution in [-0.2, 0) is 14.8 Å². The summed E-state index contributed by atoms with van der Waals surface area (Å²) in [6, 6.07) is 13.7. The van der Waals surface area contributed by atoms with Crippen molar-refractivity contribution in [2.75, 3.05) is 11.0 Å². The summed E-state index contributed by atoms with van der Waals surface area (Å²) in [5.41, 5.74) is 1.08. The molecule has 134 valence electrons. The van der Waals surface area contributed by atoms with Gasteiger partial charge in [-0.1, -0.05) is 6.07 Å². The molecule has 0 radical (unpaired) electrons. The van der Waals surface area contributed by atoms with Crippen LogP contribution >= 0.6 is 0 Å². The number of ketones is 1. The molecule has 1 atom stereocenters. The van der Waals surface area contributed by atoms with Crippen LogP contribution in [0, 0.1) is 11.3 Å². The van der Waals surface area contributed by atoms with E-state index in [9.17, 15) is 18.0 Å². The van der Waals surface area contributed by atoms with Crippen LogP contribution in [0.5, 0.6) is 0 Å². The minimum atomic E-state index is -3.41. The highest BCUT2D eigenvalue weighted by Gasteiger charge is 2.20. The highest BCUT2D eigenvalue weighted by molar-refractivity contribution is 7.92. The summed E-state index contributed by atoms with van der Waals surface area (Å²) < 4.78 is 29.8. The van der Waals surface area contributed by atoms with Crippen molar-refractivity contribution in [3.05, 3.63) is 65.2 Å². The largest absolute Gasteiger partial charge is 0.451 e. The van der Waals surface area contributed by atoms with Gasteiger partial charge >= 0.3 is 5.97 Å². The maximum Gasteiger partial charge on any atom is 0.338 e. The molecule has 0 aliphatic carbocycles. The lowest BCUT2D eigenvalue weighted by Crippen LogP contribution is -2.24. The normalized spacial score (nSPS) is 11.9. The first kappa shape index (κ1) is 19.1. The standard InChI is InChI=1S/C18H16N2O5S/c1-12(25-18(22)15-5-3-4-13(10-15)11-19)17(21)14-6-8-16(9-7-14)20-26(2,23)24/h3-10,12,20H,1-2H3/t12-/m1/s1. The van der Waals surface area contributed by atoms with Crippen molar-refractivity contribution in [3.8, 4) is 6.07 Å². The van der Waals surface area contributed by atoms with E-state index in [2.05, 4.69) is 4.72 Å². The Morgan fingerprint density at radius 1 is 1.12 bits per heavy atom. The minimum Gasteiger partial charge on any atom is -0.451 e. The molecule has 0 saturated heterocycles. The van der Waals surface area contributed by atoms with Crippen LogP contribution in [0.3, 0.4) is 0 Å². The average Bonchev–Trinajstić information content (AvgIpc) is 2.60. The number of nitriles is 1. The van der Waals surface area contributed by atoms with Gasteiger partial charge in [0.25, 0.3) is 0 Å². The van der Waals surface area contributed by atoms with E-state index in [1.165, 1.54) is 43.3 Å². The van der Waals surface area contributed by atoms with E-state index in [0.717, 1.165) is 6.26 Å². The molecule has 2 aromatic carbocycles. The quantitative estimate of drug-likeness (QED) is 0.615. The molecule has 0 unspecified atom stereocenters. The summed E-state index contributed by atoms with van der Waals surface area (Å²) in [6.07, 6.45) is -0.0171. The summed E-state index contributed by atoms with van der Waals surface area (Å²) in [6.45, 7) is 1.44. The Morgan fingerprint density at radius 3 is 2.35 bits per heavy atom. The number of esters is 1. The first-order valence-corrected chi connectivity index (χ1v) is 9.42. The number of sulfonamides is 1. The Kier molecular flexibility index (Phi) is 5.75. The third kappa shape index (κ3) is 5.16.